The maximum atomic E-state index is 12.5. The standard InChI is InChI=1S/C20H22N2O5/c1-3-26-17-9-8-14(12-18(17)25-2)21-19(23)13-22-15-6-4-5-7-16(15)27-11-10-20(22)24/h4-9,12H,3,10-11,13H2,1-2H3,(H,21,23). The summed E-state index contributed by atoms with van der Waals surface area (Å²) in [5.41, 5.74) is 1.16. The van der Waals surface area contributed by atoms with Gasteiger partial charge >= 0.3 is 0 Å². The lowest BCUT2D eigenvalue weighted by molar-refractivity contribution is -0.121. The maximum Gasteiger partial charge on any atom is 0.244 e. The van der Waals surface area contributed by atoms with Crippen molar-refractivity contribution in [1.29, 1.82) is 0 Å². The van der Waals surface area contributed by atoms with Gasteiger partial charge in [-0.15, -0.1) is 0 Å². The highest BCUT2D eigenvalue weighted by atomic mass is 16.5. The first-order valence-electron chi connectivity index (χ1n) is 8.75. The van der Waals surface area contributed by atoms with Gasteiger partial charge in [-0.05, 0) is 31.2 Å². The van der Waals surface area contributed by atoms with Crippen LogP contribution in [0.4, 0.5) is 11.4 Å². The minimum Gasteiger partial charge on any atom is -0.493 e. The van der Waals surface area contributed by atoms with Crippen molar-refractivity contribution in [2.75, 3.05) is 37.1 Å². The summed E-state index contributed by atoms with van der Waals surface area (Å²) in [7, 11) is 1.54. The van der Waals surface area contributed by atoms with Gasteiger partial charge in [0.25, 0.3) is 0 Å². The highest BCUT2D eigenvalue weighted by Gasteiger charge is 2.25. The third-order valence-corrected chi connectivity index (χ3v) is 4.08. The number of ether oxygens (including phenoxy) is 3. The van der Waals surface area contributed by atoms with E-state index in [-0.39, 0.29) is 24.8 Å². The predicted octanol–water partition coefficient (Wildman–Crippen LogP) is 2.85. The summed E-state index contributed by atoms with van der Waals surface area (Å²) in [6, 6.07) is 12.3. The third kappa shape index (κ3) is 4.31. The SMILES string of the molecule is CCOc1ccc(NC(=O)CN2C(=O)CCOc3ccccc32)cc1OC. The molecule has 0 saturated carbocycles. The fourth-order valence-corrected chi connectivity index (χ4v) is 2.86. The number of para-hydroxylation sites is 2. The van der Waals surface area contributed by atoms with Crippen molar-refractivity contribution in [3.8, 4) is 17.2 Å². The Morgan fingerprint density at radius 1 is 1.22 bits per heavy atom. The van der Waals surface area contributed by atoms with E-state index in [1.54, 1.807) is 30.3 Å². The van der Waals surface area contributed by atoms with Crippen molar-refractivity contribution in [1.82, 2.24) is 0 Å². The zero-order valence-electron chi connectivity index (χ0n) is 15.4. The lowest BCUT2D eigenvalue weighted by Gasteiger charge is -2.21. The van der Waals surface area contributed by atoms with Gasteiger partial charge in [-0.3, -0.25) is 14.5 Å². The van der Waals surface area contributed by atoms with Crippen LogP contribution in [0.25, 0.3) is 0 Å². The van der Waals surface area contributed by atoms with Gasteiger partial charge in [-0.2, -0.15) is 0 Å². The Bertz CT molecular complexity index is 837. The first-order valence-corrected chi connectivity index (χ1v) is 8.75. The molecule has 2 aromatic rings. The molecule has 1 aliphatic rings. The number of carbonyl (C=O) groups excluding carboxylic acids is 2. The number of hydrogen-bond donors (Lipinski definition) is 1. The van der Waals surface area contributed by atoms with Crippen LogP contribution >= 0.6 is 0 Å². The molecule has 0 radical (unpaired) electrons. The fraction of sp³-hybridized carbons (Fsp3) is 0.300. The molecule has 1 heterocycles. The largest absolute Gasteiger partial charge is 0.493 e. The number of fused-ring (bicyclic) bond motifs is 1. The molecular formula is C20H22N2O5. The highest BCUT2D eigenvalue weighted by Crippen LogP contribution is 2.32. The summed E-state index contributed by atoms with van der Waals surface area (Å²) in [5.74, 6) is 1.26. The van der Waals surface area contributed by atoms with Crippen LogP contribution in [0.1, 0.15) is 13.3 Å². The van der Waals surface area contributed by atoms with Crippen molar-refractivity contribution < 1.29 is 23.8 Å². The molecule has 2 aromatic carbocycles. The number of methoxy groups -OCH3 is 1. The molecule has 27 heavy (non-hydrogen) atoms. The zero-order valence-corrected chi connectivity index (χ0v) is 15.4. The monoisotopic (exact) mass is 370 g/mol. The Kier molecular flexibility index (Phi) is 5.80. The van der Waals surface area contributed by atoms with E-state index in [4.69, 9.17) is 14.2 Å². The summed E-state index contributed by atoms with van der Waals surface area (Å²) in [4.78, 5) is 26.4. The first kappa shape index (κ1) is 18.6. The predicted molar refractivity (Wildman–Crippen MR) is 102 cm³/mol. The summed E-state index contributed by atoms with van der Waals surface area (Å²) in [5, 5.41) is 2.80. The Morgan fingerprint density at radius 2 is 2.04 bits per heavy atom. The number of nitrogens with zero attached hydrogens (tertiary/aromatic N) is 1. The van der Waals surface area contributed by atoms with Crippen LogP contribution in [-0.2, 0) is 9.59 Å². The van der Waals surface area contributed by atoms with Crippen LogP contribution in [0.3, 0.4) is 0 Å². The molecule has 0 atom stereocenters. The summed E-state index contributed by atoms with van der Waals surface area (Å²) in [6.07, 6.45) is 0.221. The topological polar surface area (TPSA) is 77.1 Å². The third-order valence-electron chi connectivity index (χ3n) is 4.08. The van der Waals surface area contributed by atoms with Gasteiger partial charge in [-0.25, -0.2) is 0 Å². The van der Waals surface area contributed by atoms with E-state index in [2.05, 4.69) is 5.32 Å². The molecule has 0 unspecified atom stereocenters. The normalized spacial score (nSPS) is 13.3. The molecule has 1 N–H and O–H groups in total. The molecule has 1 aliphatic heterocycles. The van der Waals surface area contributed by atoms with Crippen LogP contribution in [0.5, 0.6) is 17.2 Å². The zero-order chi connectivity index (χ0) is 19.2. The number of anilines is 2. The van der Waals surface area contributed by atoms with E-state index < -0.39 is 0 Å². The quantitative estimate of drug-likeness (QED) is 0.846. The minimum absolute atomic E-state index is 0.102. The van der Waals surface area contributed by atoms with Gasteiger partial charge in [0.1, 0.15) is 12.3 Å². The first-order chi connectivity index (χ1) is 13.1. The molecule has 0 aromatic heterocycles. The molecule has 142 valence electrons. The van der Waals surface area contributed by atoms with Gasteiger partial charge in [-0.1, -0.05) is 12.1 Å². The van der Waals surface area contributed by atoms with E-state index in [9.17, 15) is 9.59 Å². The Morgan fingerprint density at radius 3 is 2.81 bits per heavy atom. The number of nitrogens with one attached hydrogen (secondary N) is 1. The van der Waals surface area contributed by atoms with Crippen LogP contribution in [-0.4, -0.2) is 38.7 Å². The van der Waals surface area contributed by atoms with Gasteiger partial charge < -0.3 is 19.5 Å². The van der Waals surface area contributed by atoms with Gasteiger partial charge in [0, 0.05) is 11.8 Å². The van der Waals surface area contributed by atoms with Gasteiger partial charge in [0.2, 0.25) is 11.8 Å². The second-order valence-corrected chi connectivity index (χ2v) is 5.89. The van der Waals surface area contributed by atoms with E-state index >= 15 is 0 Å². The molecule has 0 bridgehead atoms. The average molecular weight is 370 g/mol. The van der Waals surface area contributed by atoms with Crippen LogP contribution in [0.2, 0.25) is 0 Å². The molecular weight excluding hydrogens is 348 g/mol. The average Bonchev–Trinajstić information content (AvgIpc) is 2.82. The Hall–Kier alpha value is -3.22. The molecule has 7 heteroatoms. The molecule has 0 spiro atoms. The van der Waals surface area contributed by atoms with E-state index in [0.29, 0.717) is 41.8 Å². The van der Waals surface area contributed by atoms with Crippen molar-refractivity contribution >= 4 is 23.2 Å². The van der Waals surface area contributed by atoms with Crippen LogP contribution in [0.15, 0.2) is 42.5 Å². The van der Waals surface area contributed by atoms with Crippen molar-refractivity contribution in [2.24, 2.45) is 0 Å². The smallest absolute Gasteiger partial charge is 0.244 e. The fourth-order valence-electron chi connectivity index (χ4n) is 2.86. The summed E-state index contributed by atoms with van der Waals surface area (Å²) >= 11 is 0. The Balaban J connectivity index is 1.75. The molecule has 0 fully saturated rings. The lowest BCUT2D eigenvalue weighted by Crippen LogP contribution is -2.37. The molecule has 0 aliphatic carbocycles. The van der Waals surface area contributed by atoms with Crippen LogP contribution < -0.4 is 24.4 Å². The summed E-state index contributed by atoms with van der Waals surface area (Å²) in [6.45, 7) is 2.59. The number of benzene rings is 2. The van der Waals surface area contributed by atoms with Crippen molar-refractivity contribution in [3.05, 3.63) is 42.5 Å². The van der Waals surface area contributed by atoms with E-state index in [0.717, 1.165) is 0 Å². The second-order valence-electron chi connectivity index (χ2n) is 5.89. The molecule has 2 amide bonds. The number of carbonyl (C=O) groups is 2. The molecule has 0 saturated heterocycles. The van der Waals surface area contributed by atoms with Gasteiger partial charge in [0.15, 0.2) is 11.5 Å². The number of rotatable bonds is 6. The maximum absolute atomic E-state index is 12.5. The lowest BCUT2D eigenvalue weighted by atomic mass is 10.2. The van der Waals surface area contributed by atoms with Crippen LogP contribution in [0, 0.1) is 0 Å². The highest BCUT2D eigenvalue weighted by molar-refractivity contribution is 6.03. The number of hydrogen-bond acceptors (Lipinski definition) is 5. The second kappa shape index (κ2) is 8.44. The van der Waals surface area contributed by atoms with Crippen molar-refractivity contribution in [3.63, 3.8) is 0 Å². The van der Waals surface area contributed by atoms with Gasteiger partial charge in [0.05, 0.1) is 32.4 Å². The van der Waals surface area contributed by atoms with E-state index in [1.165, 1.54) is 12.0 Å². The number of amides is 2. The Labute approximate surface area is 157 Å². The summed E-state index contributed by atoms with van der Waals surface area (Å²) < 4.78 is 16.4. The minimum atomic E-state index is -0.314. The molecule has 3 rings (SSSR count). The molecule has 7 nitrogen and oxygen atoms in total. The van der Waals surface area contributed by atoms with Crippen molar-refractivity contribution in [2.45, 2.75) is 13.3 Å². The van der Waals surface area contributed by atoms with E-state index in [1.807, 2.05) is 19.1 Å².